The van der Waals surface area contributed by atoms with Crippen LogP contribution in [0.25, 0.3) is 0 Å². The fourth-order valence-electron chi connectivity index (χ4n) is 4.03. The molecule has 2 aromatic rings. The third-order valence-electron chi connectivity index (χ3n) is 5.46. The number of hydrogen-bond acceptors (Lipinski definition) is 4. The Morgan fingerprint density at radius 1 is 1.11 bits per heavy atom. The zero-order valence-electron chi connectivity index (χ0n) is 16.7. The van der Waals surface area contributed by atoms with Gasteiger partial charge in [0.25, 0.3) is 5.91 Å². The molecule has 1 aliphatic heterocycles. The van der Waals surface area contributed by atoms with E-state index in [1.807, 2.05) is 18.4 Å². The number of thiophene rings is 1. The lowest BCUT2D eigenvalue weighted by molar-refractivity contribution is -0.932. The van der Waals surface area contributed by atoms with Crippen LogP contribution >= 0.6 is 11.3 Å². The predicted octanol–water partition coefficient (Wildman–Crippen LogP) is 4.37. The van der Waals surface area contributed by atoms with Gasteiger partial charge in [-0.05, 0) is 43.6 Å². The second-order valence-corrected chi connectivity index (χ2v) is 8.55. The number of nitrogens with zero attached hydrogens (tertiary/aromatic N) is 1. The number of quaternary nitrogens is 1. The lowest BCUT2D eigenvalue weighted by Gasteiger charge is -2.37. The van der Waals surface area contributed by atoms with E-state index < -0.39 is 5.97 Å². The molecule has 1 aliphatic rings. The smallest absolute Gasteiger partial charge is 0.350 e. The molecule has 28 heavy (non-hydrogen) atoms. The quantitative estimate of drug-likeness (QED) is 0.578. The summed E-state index contributed by atoms with van der Waals surface area (Å²) in [4.78, 5) is 25.5. The fraction of sp³-hybridized carbons (Fsp3) is 0.455. The number of anilines is 1. The number of rotatable bonds is 6. The number of likely N-dealkylation sites (tertiary alicyclic amines) is 1. The molecule has 0 radical (unpaired) electrons. The van der Waals surface area contributed by atoms with E-state index in [1.165, 1.54) is 36.9 Å². The highest BCUT2D eigenvalue weighted by molar-refractivity contribution is 7.12. The average molecular weight is 402 g/mol. The maximum absolute atomic E-state index is 13.0. The van der Waals surface area contributed by atoms with Crippen molar-refractivity contribution in [3.8, 4) is 0 Å². The summed E-state index contributed by atoms with van der Waals surface area (Å²) in [5.74, 6) is -0.444. The van der Waals surface area contributed by atoms with E-state index in [4.69, 9.17) is 4.74 Å². The number of nitrogens with one attached hydrogen (secondary N) is 1. The lowest BCUT2D eigenvalue weighted by Crippen LogP contribution is -2.52. The predicted molar refractivity (Wildman–Crippen MR) is 113 cm³/mol. The first-order valence-corrected chi connectivity index (χ1v) is 10.8. The summed E-state index contributed by atoms with van der Waals surface area (Å²) in [6.07, 6.45) is 4.75. The SMILES string of the molecule is COC(=O)c1scc(C)c1NC(=O)C[N+]1(Cc2ccccc2)CCCCCC1. The van der Waals surface area contributed by atoms with Crippen LogP contribution in [0, 0.1) is 6.92 Å². The van der Waals surface area contributed by atoms with Crippen LogP contribution in [0.1, 0.15) is 46.5 Å². The molecule has 1 aromatic heterocycles. The molecule has 1 aromatic carbocycles. The Morgan fingerprint density at radius 2 is 1.79 bits per heavy atom. The van der Waals surface area contributed by atoms with Crippen LogP contribution in [0.15, 0.2) is 35.7 Å². The van der Waals surface area contributed by atoms with Gasteiger partial charge < -0.3 is 14.5 Å². The fourth-order valence-corrected chi connectivity index (χ4v) is 4.95. The molecule has 0 aliphatic carbocycles. The van der Waals surface area contributed by atoms with Crippen molar-refractivity contribution in [3.63, 3.8) is 0 Å². The van der Waals surface area contributed by atoms with Gasteiger partial charge in [0.15, 0.2) is 6.54 Å². The highest BCUT2D eigenvalue weighted by atomic mass is 32.1. The summed E-state index contributed by atoms with van der Waals surface area (Å²) in [5, 5.41) is 4.88. The van der Waals surface area contributed by atoms with Gasteiger partial charge in [-0.15, -0.1) is 11.3 Å². The Morgan fingerprint density at radius 3 is 2.43 bits per heavy atom. The minimum absolute atomic E-state index is 0.0375. The third-order valence-corrected chi connectivity index (χ3v) is 6.54. The van der Waals surface area contributed by atoms with E-state index in [-0.39, 0.29) is 5.91 Å². The van der Waals surface area contributed by atoms with Gasteiger partial charge in [-0.1, -0.05) is 30.3 Å². The van der Waals surface area contributed by atoms with Crippen LogP contribution < -0.4 is 5.32 Å². The Bertz CT molecular complexity index is 808. The van der Waals surface area contributed by atoms with Crippen molar-refractivity contribution in [2.75, 3.05) is 32.1 Å². The summed E-state index contributed by atoms with van der Waals surface area (Å²) < 4.78 is 5.62. The van der Waals surface area contributed by atoms with Gasteiger partial charge in [0.05, 0.1) is 25.9 Å². The van der Waals surface area contributed by atoms with Crippen LogP contribution in [-0.2, 0) is 16.1 Å². The summed E-state index contributed by atoms with van der Waals surface area (Å²) in [6, 6.07) is 10.4. The molecule has 1 fully saturated rings. The minimum atomic E-state index is -0.406. The topological polar surface area (TPSA) is 55.4 Å². The van der Waals surface area contributed by atoms with Crippen molar-refractivity contribution in [3.05, 3.63) is 51.7 Å². The van der Waals surface area contributed by atoms with Gasteiger partial charge in [-0.3, -0.25) is 4.79 Å². The summed E-state index contributed by atoms with van der Waals surface area (Å²) in [5.41, 5.74) is 2.75. The number of amides is 1. The largest absolute Gasteiger partial charge is 0.465 e. The number of methoxy groups -OCH3 is 1. The van der Waals surface area contributed by atoms with Crippen molar-refractivity contribution in [2.24, 2.45) is 0 Å². The number of aryl methyl sites for hydroxylation is 1. The number of hydrogen-bond donors (Lipinski definition) is 1. The van der Waals surface area contributed by atoms with Gasteiger partial charge in [0.2, 0.25) is 0 Å². The summed E-state index contributed by atoms with van der Waals surface area (Å²) in [7, 11) is 1.36. The minimum Gasteiger partial charge on any atom is -0.465 e. The van der Waals surface area contributed by atoms with E-state index >= 15 is 0 Å². The van der Waals surface area contributed by atoms with Crippen molar-refractivity contribution < 1.29 is 18.8 Å². The number of carbonyl (C=O) groups is 2. The Labute approximate surface area is 170 Å². The first kappa shape index (κ1) is 20.6. The van der Waals surface area contributed by atoms with E-state index in [2.05, 4.69) is 29.6 Å². The average Bonchev–Trinajstić information content (AvgIpc) is 2.90. The van der Waals surface area contributed by atoms with Crippen molar-refractivity contribution in [2.45, 2.75) is 39.2 Å². The van der Waals surface area contributed by atoms with Crippen LogP contribution in [-0.4, -0.2) is 43.1 Å². The summed E-state index contributed by atoms with van der Waals surface area (Å²) >= 11 is 1.31. The molecular formula is C22H29N2O3S+. The Balaban J connectivity index is 1.78. The first-order valence-electron chi connectivity index (χ1n) is 9.88. The van der Waals surface area contributed by atoms with Crippen LogP contribution in [0.2, 0.25) is 0 Å². The Hall–Kier alpha value is -2.18. The number of benzene rings is 1. The molecule has 1 N–H and O–H groups in total. The normalized spacial score (nSPS) is 16.2. The molecule has 0 atom stereocenters. The zero-order valence-corrected chi connectivity index (χ0v) is 17.5. The molecule has 0 saturated carbocycles. The highest BCUT2D eigenvalue weighted by Gasteiger charge is 2.32. The van der Waals surface area contributed by atoms with Crippen molar-refractivity contribution in [1.29, 1.82) is 0 Å². The number of ether oxygens (including phenoxy) is 1. The lowest BCUT2D eigenvalue weighted by atomic mass is 10.1. The second kappa shape index (κ2) is 9.34. The maximum atomic E-state index is 13.0. The van der Waals surface area contributed by atoms with Crippen LogP contribution in [0.4, 0.5) is 5.69 Å². The third kappa shape index (κ3) is 5.00. The van der Waals surface area contributed by atoms with Gasteiger partial charge >= 0.3 is 5.97 Å². The standard InChI is InChI=1S/C22H28N2O3S/c1-17-16-28-21(22(26)27-2)20(17)23-19(25)15-24(12-8-3-4-9-13-24)14-18-10-6-5-7-11-18/h5-7,10-11,16H,3-4,8-9,12-15H2,1-2H3/p+1. The molecule has 5 nitrogen and oxygen atoms in total. The van der Waals surface area contributed by atoms with E-state index in [1.54, 1.807) is 0 Å². The van der Waals surface area contributed by atoms with Crippen LogP contribution in [0.3, 0.4) is 0 Å². The molecule has 1 amide bonds. The maximum Gasteiger partial charge on any atom is 0.350 e. The molecule has 0 unspecified atom stereocenters. The number of esters is 1. The molecule has 2 heterocycles. The highest BCUT2D eigenvalue weighted by Crippen LogP contribution is 2.29. The van der Waals surface area contributed by atoms with Gasteiger partial charge in [0.1, 0.15) is 11.4 Å². The van der Waals surface area contributed by atoms with Gasteiger partial charge in [0, 0.05) is 5.56 Å². The van der Waals surface area contributed by atoms with Gasteiger partial charge in [-0.2, -0.15) is 0 Å². The van der Waals surface area contributed by atoms with Crippen molar-refractivity contribution >= 4 is 28.9 Å². The monoisotopic (exact) mass is 401 g/mol. The molecule has 3 rings (SSSR count). The summed E-state index contributed by atoms with van der Waals surface area (Å²) in [6.45, 7) is 5.20. The number of carbonyl (C=O) groups excluding carboxylic acids is 2. The molecule has 6 heteroatoms. The Kier molecular flexibility index (Phi) is 6.86. The van der Waals surface area contributed by atoms with E-state index in [9.17, 15) is 9.59 Å². The zero-order chi connectivity index (χ0) is 20.0. The molecule has 0 bridgehead atoms. The van der Waals surface area contributed by atoms with E-state index in [0.717, 1.165) is 42.5 Å². The molecule has 0 spiro atoms. The van der Waals surface area contributed by atoms with Crippen LogP contribution in [0.5, 0.6) is 0 Å². The molecule has 150 valence electrons. The van der Waals surface area contributed by atoms with Gasteiger partial charge in [-0.25, -0.2) is 4.79 Å². The van der Waals surface area contributed by atoms with Crippen molar-refractivity contribution in [1.82, 2.24) is 0 Å². The second-order valence-electron chi connectivity index (χ2n) is 7.67. The first-order chi connectivity index (χ1) is 13.5. The molecule has 1 saturated heterocycles. The molecular weight excluding hydrogens is 372 g/mol. The van der Waals surface area contributed by atoms with E-state index in [0.29, 0.717) is 17.1 Å².